The van der Waals surface area contributed by atoms with Crippen LogP contribution in [0.15, 0.2) is 78.4 Å². The van der Waals surface area contributed by atoms with Crippen LogP contribution in [0.1, 0.15) is 17.2 Å². The number of rotatable bonds is 6. The summed E-state index contributed by atoms with van der Waals surface area (Å²) in [5, 5.41) is 11.1. The fourth-order valence-corrected chi connectivity index (χ4v) is 3.93. The van der Waals surface area contributed by atoms with Gasteiger partial charge in [-0.25, -0.2) is 0 Å². The average Bonchev–Trinajstić information content (AvgIpc) is 3.13. The topological polar surface area (TPSA) is 85.3 Å². The van der Waals surface area contributed by atoms with Crippen molar-refractivity contribution in [2.45, 2.75) is 6.04 Å². The highest BCUT2D eigenvalue weighted by molar-refractivity contribution is 6.51. The van der Waals surface area contributed by atoms with Gasteiger partial charge in [-0.3, -0.25) is 14.5 Å². The zero-order chi connectivity index (χ0) is 23.5. The van der Waals surface area contributed by atoms with Crippen molar-refractivity contribution in [3.05, 3.63) is 89.5 Å². The number of hydrogen-bond acceptors (Lipinski definition) is 6. The second-order valence-corrected chi connectivity index (χ2v) is 7.35. The van der Waals surface area contributed by atoms with Crippen LogP contribution in [-0.4, -0.2) is 38.1 Å². The van der Waals surface area contributed by atoms with Gasteiger partial charge in [0.1, 0.15) is 11.5 Å². The van der Waals surface area contributed by atoms with Gasteiger partial charge >= 0.3 is 0 Å². The molecule has 3 aromatic rings. The van der Waals surface area contributed by atoms with Crippen molar-refractivity contribution in [2.75, 3.05) is 26.2 Å². The first-order valence-electron chi connectivity index (χ1n) is 10.2. The molecule has 0 spiro atoms. The van der Waals surface area contributed by atoms with Crippen LogP contribution in [0.3, 0.4) is 0 Å². The van der Waals surface area contributed by atoms with Gasteiger partial charge in [0.15, 0.2) is 11.5 Å². The van der Waals surface area contributed by atoms with E-state index in [2.05, 4.69) is 0 Å². The van der Waals surface area contributed by atoms with E-state index >= 15 is 0 Å². The molecule has 7 heteroatoms. The Morgan fingerprint density at radius 2 is 1.48 bits per heavy atom. The molecule has 1 saturated heterocycles. The van der Waals surface area contributed by atoms with Crippen LogP contribution in [-0.2, 0) is 9.59 Å². The van der Waals surface area contributed by atoms with Crippen LogP contribution >= 0.6 is 0 Å². The zero-order valence-corrected chi connectivity index (χ0v) is 18.4. The summed E-state index contributed by atoms with van der Waals surface area (Å²) in [6.45, 7) is 0. The fourth-order valence-electron chi connectivity index (χ4n) is 3.93. The zero-order valence-electron chi connectivity index (χ0n) is 18.4. The molecule has 0 aromatic heterocycles. The van der Waals surface area contributed by atoms with Crippen molar-refractivity contribution < 1.29 is 28.9 Å². The predicted octanol–water partition coefficient (Wildman–Crippen LogP) is 4.34. The first-order valence-corrected chi connectivity index (χ1v) is 10.2. The summed E-state index contributed by atoms with van der Waals surface area (Å²) in [5.41, 5.74) is 1.51. The number of ether oxygens (including phenoxy) is 3. The molecule has 0 bridgehead atoms. The van der Waals surface area contributed by atoms with Crippen LogP contribution < -0.4 is 19.1 Å². The predicted molar refractivity (Wildman–Crippen MR) is 124 cm³/mol. The first kappa shape index (κ1) is 22.0. The first-order chi connectivity index (χ1) is 16.0. The van der Waals surface area contributed by atoms with E-state index in [1.54, 1.807) is 79.9 Å². The molecule has 3 aromatic carbocycles. The number of carbonyl (C=O) groups is 2. The molecular formula is C26H23NO6. The molecular weight excluding hydrogens is 422 g/mol. The van der Waals surface area contributed by atoms with Gasteiger partial charge < -0.3 is 19.3 Å². The number of amides is 1. The fraction of sp³-hybridized carbons (Fsp3) is 0.154. The van der Waals surface area contributed by atoms with Gasteiger partial charge in [-0.05, 0) is 42.0 Å². The smallest absolute Gasteiger partial charge is 0.300 e. The summed E-state index contributed by atoms with van der Waals surface area (Å²) in [5.74, 6) is -0.197. The second kappa shape index (κ2) is 9.08. The number of ketones is 1. The van der Waals surface area contributed by atoms with Gasteiger partial charge in [-0.1, -0.05) is 36.4 Å². The number of aliphatic hydroxyl groups is 1. The quantitative estimate of drug-likeness (QED) is 0.345. The highest BCUT2D eigenvalue weighted by Gasteiger charge is 2.47. The Kier molecular flexibility index (Phi) is 6.04. The Hall–Kier alpha value is -4.26. The maximum absolute atomic E-state index is 13.2. The summed E-state index contributed by atoms with van der Waals surface area (Å²) in [6, 6.07) is 19.7. The largest absolute Gasteiger partial charge is 0.507 e. The molecule has 1 atom stereocenters. The number of hydrogen-bond donors (Lipinski definition) is 1. The van der Waals surface area contributed by atoms with E-state index in [9.17, 15) is 14.7 Å². The molecule has 1 N–H and O–H groups in total. The highest BCUT2D eigenvalue weighted by atomic mass is 16.5. The van der Waals surface area contributed by atoms with Gasteiger partial charge in [0, 0.05) is 11.3 Å². The lowest BCUT2D eigenvalue weighted by molar-refractivity contribution is -0.132. The van der Waals surface area contributed by atoms with Crippen LogP contribution in [0.25, 0.3) is 5.76 Å². The molecule has 4 rings (SSSR count). The molecule has 168 valence electrons. The van der Waals surface area contributed by atoms with Gasteiger partial charge in [0.05, 0.1) is 32.9 Å². The number of carbonyl (C=O) groups excluding carboxylic acids is 2. The number of methoxy groups -OCH3 is 3. The van der Waals surface area contributed by atoms with Crippen LogP contribution in [0, 0.1) is 0 Å². The molecule has 1 aliphatic heterocycles. The molecule has 1 aliphatic rings. The lowest BCUT2D eigenvalue weighted by Gasteiger charge is -2.26. The molecule has 0 aliphatic carbocycles. The van der Waals surface area contributed by atoms with E-state index in [0.717, 1.165) is 0 Å². The highest BCUT2D eigenvalue weighted by Crippen LogP contribution is 2.44. The lowest BCUT2D eigenvalue weighted by Crippen LogP contribution is -2.29. The Balaban J connectivity index is 1.94. The summed E-state index contributed by atoms with van der Waals surface area (Å²) in [4.78, 5) is 27.8. The third kappa shape index (κ3) is 3.89. The molecule has 0 radical (unpaired) electrons. The van der Waals surface area contributed by atoms with E-state index in [-0.39, 0.29) is 11.3 Å². The van der Waals surface area contributed by atoms with Gasteiger partial charge in [-0.2, -0.15) is 0 Å². The third-order valence-electron chi connectivity index (χ3n) is 5.57. The summed E-state index contributed by atoms with van der Waals surface area (Å²) in [6.07, 6.45) is 0. The van der Waals surface area contributed by atoms with E-state index < -0.39 is 17.7 Å². The van der Waals surface area contributed by atoms with Crippen LogP contribution in [0.2, 0.25) is 0 Å². The maximum atomic E-state index is 13.2. The van der Waals surface area contributed by atoms with Crippen molar-refractivity contribution in [2.24, 2.45) is 0 Å². The summed E-state index contributed by atoms with van der Waals surface area (Å²) < 4.78 is 16.0. The Morgan fingerprint density at radius 3 is 2.09 bits per heavy atom. The van der Waals surface area contributed by atoms with E-state index in [0.29, 0.717) is 34.1 Å². The SMILES string of the molecule is COc1ccc(N2C(=O)C(=O)/C(=C(\O)c3ccccc3)C2c2ccc(OC)c(OC)c2)cc1. The van der Waals surface area contributed by atoms with Gasteiger partial charge in [-0.15, -0.1) is 0 Å². The van der Waals surface area contributed by atoms with E-state index in [1.165, 1.54) is 19.1 Å². The van der Waals surface area contributed by atoms with Crippen molar-refractivity contribution in [3.8, 4) is 17.2 Å². The Morgan fingerprint density at radius 1 is 0.818 bits per heavy atom. The van der Waals surface area contributed by atoms with Crippen LogP contribution in [0.5, 0.6) is 17.2 Å². The maximum Gasteiger partial charge on any atom is 0.300 e. The van der Waals surface area contributed by atoms with Gasteiger partial charge in [0.25, 0.3) is 11.7 Å². The monoisotopic (exact) mass is 445 g/mol. The lowest BCUT2D eigenvalue weighted by atomic mass is 9.94. The minimum atomic E-state index is -0.876. The number of nitrogens with zero attached hydrogens (tertiary/aromatic N) is 1. The number of anilines is 1. The molecule has 1 amide bonds. The Labute approximate surface area is 191 Å². The number of benzene rings is 3. The van der Waals surface area contributed by atoms with Crippen molar-refractivity contribution in [3.63, 3.8) is 0 Å². The number of Topliss-reactive ketones (excluding diaryl/α,β-unsaturated/α-hetero) is 1. The molecule has 1 fully saturated rings. The van der Waals surface area contributed by atoms with Gasteiger partial charge in [0.2, 0.25) is 0 Å². The third-order valence-corrected chi connectivity index (χ3v) is 5.57. The molecule has 1 heterocycles. The van der Waals surface area contributed by atoms with Crippen molar-refractivity contribution in [1.29, 1.82) is 0 Å². The summed E-state index contributed by atoms with van der Waals surface area (Å²) >= 11 is 0. The average molecular weight is 445 g/mol. The number of aliphatic hydroxyl groups excluding tert-OH is 1. The van der Waals surface area contributed by atoms with Crippen molar-refractivity contribution in [1.82, 2.24) is 0 Å². The molecule has 33 heavy (non-hydrogen) atoms. The van der Waals surface area contributed by atoms with Crippen molar-refractivity contribution >= 4 is 23.1 Å². The molecule has 1 unspecified atom stereocenters. The minimum Gasteiger partial charge on any atom is -0.507 e. The normalized spacial score (nSPS) is 17.2. The second-order valence-electron chi connectivity index (χ2n) is 7.35. The Bertz CT molecular complexity index is 1220. The van der Waals surface area contributed by atoms with Crippen LogP contribution in [0.4, 0.5) is 5.69 Å². The molecule has 7 nitrogen and oxygen atoms in total. The summed E-state index contributed by atoms with van der Waals surface area (Å²) in [7, 11) is 4.58. The van der Waals surface area contributed by atoms with E-state index in [4.69, 9.17) is 14.2 Å². The molecule has 0 saturated carbocycles. The standard InChI is InChI=1S/C26H23NO6/c1-31-19-12-10-18(11-13-19)27-23(17-9-14-20(32-2)21(15-17)33-3)22(25(29)26(27)30)24(28)16-7-5-4-6-8-16/h4-15,23,28H,1-3H3/b24-22-. The van der Waals surface area contributed by atoms with E-state index in [1.807, 2.05) is 0 Å². The minimum absolute atomic E-state index is 0.00534.